The van der Waals surface area contributed by atoms with Crippen LogP contribution in [0.3, 0.4) is 0 Å². The standard InChI is InChI=1S/C22H28N6O5S/c1-14-19(17(4)32-24-14)34(30,31)26-15(2)22(29)28-12-10-27(11-13-28)16(3)21-23-20(25-33-21)18-8-6-5-7-9-18/h5-9,15-16,26H,10-13H2,1-4H3/t15-,16?/m0/s1. The van der Waals surface area contributed by atoms with Gasteiger partial charge < -0.3 is 13.9 Å². The summed E-state index contributed by atoms with van der Waals surface area (Å²) in [5.41, 5.74) is 1.14. The third-order valence-corrected chi connectivity index (χ3v) is 7.73. The molecule has 1 saturated heterocycles. The minimum atomic E-state index is -3.93. The summed E-state index contributed by atoms with van der Waals surface area (Å²) in [6.07, 6.45) is 0. The van der Waals surface area contributed by atoms with Crippen LogP contribution in [0.5, 0.6) is 0 Å². The predicted octanol–water partition coefficient (Wildman–Crippen LogP) is 1.91. The van der Waals surface area contributed by atoms with E-state index in [1.807, 2.05) is 37.3 Å². The van der Waals surface area contributed by atoms with Crippen molar-refractivity contribution in [3.63, 3.8) is 0 Å². The highest BCUT2D eigenvalue weighted by Crippen LogP contribution is 2.24. The molecule has 1 fully saturated rings. The lowest BCUT2D eigenvalue weighted by atomic mass is 10.2. The number of nitrogens with zero attached hydrogens (tertiary/aromatic N) is 5. The molecular formula is C22H28N6O5S. The fourth-order valence-corrected chi connectivity index (χ4v) is 5.60. The number of sulfonamides is 1. The van der Waals surface area contributed by atoms with Gasteiger partial charge in [-0.15, -0.1) is 0 Å². The fraction of sp³-hybridized carbons (Fsp3) is 0.455. The van der Waals surface area contributed by atoms with Gasteiger partial charge in [0.15, 0.2) is 5.76 Å². The molecule has 1 N–H and O–H groups in total. The lowest BCUT2D eigenvalue weighted by Gasteiger charge is -2.37. The third-order valence-electron chi connectivity index (χ3n) is 5.94. The molecule has 0 saturated carbocycles. The Hall–Kier alpha value is -3.09. The first kappa shape index (κ1) is 24.0. The van der Waals surface area contributed by atoms with Crippen LogP contribution in [-0.4, -0.2) is 71.6 Å². The van der Waals surface area contributed by atoms with Crippen LogP contribution in [0.1, 0.15) is 37.2 Å². The normalized spacial score (nSPS) is 17.0. The number of nitrogens with one attached hydrogen (secondary N) is 1. The molecule has 3 aromatic rings. The lowest BCUT2D eigenvalue weighted by Crippen LogP contribution is -2.54. The summed E-state index contributed by atoms with van der Waals surface area (Å²) < 4.78 is 38.3. The van der Waals surface area contributed by atoms with Crippen molar-refractivity contribution in [2.45, 2.75) is 44.7 Å². The highest BCUT2D eigenvalue weighted by Gasteiger charge is 2.33. The number of hydrogen-bond donors (Lipinski definition) is 1. The van der Waals surface area contributed by atoms with Gasteiger partial charge in [0.1, 0.15) is 10.6 Å². The number of benzene rings is 1. The topological polar surface area (TPSA) is 135 Å². The summed E-state index contributed by atoms with van der Waals surface area (Å²) in [7, 11) is -3.93. The molecule has 2 atom stereocenters. The maximum atomic E-state index is 12.9. The number of amides is 1. The molecular weight excluding hydrogens is 460 g/mol. The first-order valence-electron chi connectivity index (χ1n) is 11.0. The Morgan fingerprint density at radius 3 is 2.32 bits per heavy atom. The molecule has 0 radical (unpaired) electrons. The number of aryl methyl sites for hydroxylation is 2. The van der Waals surface area contributed by atoms with Gasteiger partial charge in [0.2, 0.25) is 27.6 Å². The average Bonchev–Trinajstić information content (AvgIpc) is 3.45. The first-order chi connectivity index (χ1) is 16.2. The summed E-state index contributed by atoms with van der Waals surface area (Å²) in [5.74, 6) is 0.949. The van der Waals surface area contributed by atoms with Gasteiger partial charge in [-0.3, -0.25) is 9.69 Å². The van der Waals surface area contributed by atoms with E-state index in [0.717, 1.165) is 5.56 Å². The number of aromatic nitrogens is 3. The minimum Gasteiger partial charge on any atom is -0.360 e. The Kier molecular flexibility index (Phi) is 6.82. The second-order valence-corrected chi connectivity index (χ2v) is 10.0. The van der Waals surface area contributed by atoms with Gasteiger partial charge in [0.25, 0.3) is 0 Å². The van der Waals surface area contributed by atoms with Crippen molar-refractivity contribution in [2.24, 2.45) is 0 Å². The van der Waals surface area contributed by atoms with Crippen LogP contribution in [0.4, 0.5) is 0 Å². The zero-order valence-corrected chi connectivity index (χ0v) is 20.4. The predicted molar refractivity (Wildman–Crippen MR) is 122 cm³/mol. The van der Waals surface area contributed by atoms with E-state index in [0.29, 0.717) is 37.9 Å². The van der Waals surface area contributed by atoms with Crippen molar-refractivity contribution in [1.82, 2.24) is 29.8 Å². The van der Waals surface area contributed by atoms with Crippen LogP contribution in [0.15, 0.2) is 44.3 Å². The van der Waals surface area contributed by atoms with Crippen LogP contribution in [0, 0.1) is 13.8 Å². The Balaban J connectivity index is 1.34. The van der Waals surface area contributed by atoms with Crippen LogP contribution in [0.2, 0.25) is 0 Å². The van der Waals surface area contributed by atoms with E-state index in [-0.39, 0.29) is 28.3 Å². The monoisotopic (exact) mass is 488 g/mol. The molecule has 1 amide bonds. The van der Waals surface area contributed by atoms with Crippen molar-refractivity contribution >= 4 is 15.9 Å². The van der Waals surface area contributed by atoms with E-state index >= 15 is 0 Å². The van der Waals surface area contributed by atoms with E-state index in [1.54, 1.807) is 11.8 Å². The van der Waals surface area contributed by atoms with Crippen LogP contribution < -0.4 is 4.72 Å². The molecule has 0 bridgehead atoms. The number of piperazine rings is 1. The molecule has 3 heterocycles. The fourth-order valence-electron chi connectivity index (χ4n) is 4.07. The summed E-state index contributed by atoms with van der Waals surface area (Å²) >= 11 is 0. The van der Waals surface area contributed by atoms with E-state index < -0.39 is 16.1 Å². The molecule has 0 spiro atoms. The first-order valence-corrected chi connectivity index (χ1v) is 12.5. The molecule has 182 valence electrons. The second kappa shape index (κ2) is 9.65. The second-order valence-electron chi connectivity index (χ2n) is 8.36. The van der Waals surface area contributed by atoms with E-state index in [2.05, 4.69) is 24.9 Å². The quantitative estimate of drug-likeness (QED) is 0.529. The molecule has 2 aromatic heterocycles. The van der Waals surface area contributed by atoms with Crippen LogP contribution in [0.25, 0.3) is 11.4 Å². The van der Waals surface area contributed by atoms with Crippen molar-refractivity contribution < 1.29 is 22.3 Å². The number of carbonyl (C=O) groups is 1. The molecule has 1 aliphatic heterocycles. The largest absolute Gasteiger partial charge is 0.360 e. The van der Waals surface area contributed by atoms with Gasteiger partial charge in [-0.1, -0.05) is 40.6 Å². The Morgan fingerprint density at radius 1 is 1.03 bits per heavy atom. The zero-order chi connectivity index (χ0) is 24.5. The highest BCUT2D eigenvalue weighted by atomic mass is 32.2. The highest BCUT2D eigenvalue weighted by molar-refractivity contribution is 7.89. The Morgan fingerprint density at radius 2 is 1.71 bits per heavy atom. The van der Waals surface area contributed by atoms with Crippen LogP contribution in [-0.2, 0) is 14.8 Å². The van der Waals surface area contributed by atoms with Gasteiger partial charge in [-0.2, -0.15) is 9.71 Å². The van der Waals surface area contributed by atoms with E-state index in [9.17, 15) is 13.2 Å². The zero-order valence-electron chi connectivity index (χ0n) is 19.6. The van der Waals surface area contributed by atoms with Crippen molar-refractivity contribution in [3.8, 4) is 11.4 Å². The van der Waals surface area contributed by atoms with Gasteiger partial charge in [0.05, 0.1) is 12.1 Å². The van der Waals surface area contributed by atoms with Crippen molar-refractivity contribution in [2.75, 3.05) is 26.2 Å². The van der Waals surface area contributed by atoms with Crippen molar-refractivity contribution in [3.05, 3.63) is 47.7 Å². The van der Waals surface area contributed by atoms with Gasteiger partial charge >= 0.3 is 0 Å². The van der Waals surface area contributed by atoms with Gasteiger partial charge in [-0.25, -0.2) is 8.42 Å². The summed E-state index contributed by atoms with van der Waals surface area (Å²) in [5, 5.41) is 7.76. The third kappa shape index (κ3) is 4.88. The van der Waals surface area contributed by atoms with Crippen molar-refractivity contribution in [1.29, 1.82) is 0 Å². The Bertz CT molecular complexity index is 1230. The minimum absolute atomic E-state index is 0.0276. The molecule has 1 aliphatic rings. The molecule has 12 heteroatoms. The van der Waals surface area contributed by atoms with E-state index in [4.69, 9.17) is 9.05 Å². The summed E-state index contributed by atoms with van der Waals surface area (Å²) in [6.45, 7) is 8.70. The molecule has 34 heavy (non-hydrogen) atoms. The van der Waals surface area contributed by atoms with Crippen LogP contribution >= 0.6 is 0 Å². The molecule has 0 aliphatic carbocycles. The lowest BCUT2D eigenvalue weighted by molar-refractivity contribution is -0.134. The maximum Gasteiger partial charge on any atom is 0.246 e. The van der Waals surface area contributed by atoms with Gasteiger partial charge in [-0.05, 0) is 27.7 Å². The molecule has 1 aromatic carbocycles. The number of hydrogen-bond acceptors (Lipinski definition) is 9. The summed E-state index contributed by atoms with van der Waals surface area (Å²) in [6, 6.07) is 8.57. The molecule has 1 unspecified atom stereocenters. The van der Waals surface area contributed by atoms with Gasteiger partial charge in [0, 0.05) is 31.7 Å². The maximum absolute atomic E-state index is 12.9. The SMILES string of the molecule is Cc1noc(C)c1S(=O)(=O)N[C@@H](C)C(=O)N1CCN(C(C)c2nc(-c3ccccc3)no2)CC1. The average molecular weight is 489 g/mol. The smallest absolute Gasteiger partial charge is 0.246 e. The molecule has 11 nitrogen and oxygen atoms in total. The van der Waals surface area contributed by atoms with E-state index in [1.165, 1.54) is 13.8 Å². The Labute approximate surface area is 198 Å². The number of carbonyl (C=O) groups excluding carboxylic acids is 1. The summed E-state index contributed by atoms with van der Waals surface area (Å²) in [4.78, 5) is 21.2. The molecule has 4 rings (SSSR count). The number of rotatable bonds is 7.